The number of hydrogen-bond donors (Lipinski definition) is 1. The van der Waals surface area contributed by atoms with Gasteiger partial charge in [0.25, 0.3) is 5.91 Å². The lowest BCUT2D eigenvalue weighted by atomic mass is 10.1. The van der Waals surface area contributed by atoms with Crippen LogP contribution in [0.2, 0.25) is 0 Å². The molecule has 3 amide bonds. The summed E-state index contributed by atoms with van der Waals surface area (Å²) in [6.45, 7) is 4.18. The molecule has 0 bridgehead atoms. The van der Waals surface area contributed by atoms with Gasteiger partial charge in [0.05, 0.1) is 11.8 Å². The maximum absolute atomic E-state index is 12.5. The minimum atomic E-state index is -0.134. The summed E-state index contributed by atoms with van der Waals surface area (Å²) in [6, 6.07) is 5.19. The highest BCUT2D eigenvalue weighted by Gasteiger charge is 2.25. The van der Waals surface area contributed by atoms with E-state index in [1.54, 1.807) is 35.0 Å². The minimum Gasteiger partial charge on any atom is -0.481 e. The van der Waals surface area contributed by atoms with Crippen LogP contribution in [-0.4, -0.2) is 56.3 Å². The summed E-state index contributed by atoms with van der Waals surface area (Å²) in [5.74, 6) is 0.512. The zero-order valence-electron chi connectivity index (χ0n) is 14.8. The summed E-state index contributed by atoms with van der Waals surface area (Å²) >= 11 is 0. The number of ether oxygens (including phenoxy) is 2. The highest BCUT2D eigenvalue weighted by molar-refractivity contribution is 5.98. The topological polar surface area (TPSA) is 71.1 Å². The third kappa shape index (κ3) is 4.04. The number of fused-ring (bicyclic) bond motifs is 1. The van der Waals surface area contributed by atoms with E-state index in [1.165, 1.54) is 0 Å². The van der Waals surface area contributed by atoms with Gasteiger partial charge < -0.3 is 24.6 Å². The molecule has 25 heavy (non-hydrogen) atoms. The second-order valence-electron chi connectivity index (χ2n) is 6.44. The van der Waals surface area contributed by atoms with E-state index in [1.807, 2.05) is 0 Å². The second kappa shape index (κ2) is 7.74. The predicted octanol–water partition coefficient (Wildman–Crippen LogP) is 2.46. The van der Waals surface area contributed by atoms with Crippen LogP contribution in [0.5, 0.6) is 5.75 Å². The Morgan fingerprint density at radius 2 is 2.28 bits per heavy atom. The lowest BCUT2D eigenvalue weighted by Gasteiger charge is -2.32. The van der Waals surface area contributed by atoms with Crippen molar-refractivity contribution < 1.29 is 19.1 Å². The largest absolute Gasteiger partial charge is 0.481 e. The van der Waals surface area contributed by atoms with E-state index in [9.17, 15) is 9.59 Å². The zero-order valence-corrected chi connectivity index (χ0v) is 14.8. The maximum Gasteiger partial charge on any atom is 0.321 e. The quantitative estimate of drug-likeness (QED) is 0.908. The first kappa shape index (κ1) is 17.5. The molecular formula is C18H25N3O4. The Balaban J connectivity index is 1.62. The summed E-state index contributed by atoms with van der Waals surface area (Å²) in [5, 5.41) is 2.91. The van der Waals surface area contributed by atoms with E-state index in [0.717, 1.165) is 32.4 Å². The number of piperidine rings is 1. The molecule has 0 unspecified atom stereocenters. The molecule has 0 radical (unpaired) electrons. The van der Waals surface area contributed by atoms with E-state index < -0.39 is 0 Å². The van der Waals surface area contributed by atoms with Crippen molar-refractivity contribution in [2.75, 3.05) is 43.6 Å². The third-order valence-electron chi connectivity index (χ3n) is 4.52. The van der Waals surface area contributed by atoms with Crippen molar-refractivity contribution in [2.24, 2.45) is 0 Å². The van der Waals surface area contributed by atoms with Crippen molar-refractivity contribution in [2.45, 2.75) is 32.3 Å². The number of rotatable bonds is 4. The average Bonchev–Trinajstić information content (AvgIpc) is 2.63. The smallest absolute Gasteiger partial charge is 0.321 e. The Morgan fingerprint density at radius 1 is 1.44 bits per heavy atom. The molecule has 0 spiro atoms. The van der Waals surface area contributed by atoms with Crippen molar-refractivity contribution in [3.8, 4) is 5.75 Å². The standard InChI is InChI=1S/C18H25N3O4/c1-3-9-24-14-5-4-8-21(11-14)18(23)19-13-6-7-15-16(10-13)25-12-17(22)20(15)2/h6-7,10,14H,3-5,8-9,11-12H2,1-2H3,(H,19,23)/t14-/m1/s1. The first-order chi connectivity index (χ1) is 12.1. The number of amides is 3. The van der Waals surface area contributed by atoms with Crippen LogP contribution in [-0.2, 0) is 9.53 Å². The normalized spacial score (nSPS) is 20.1. The van der Waals surface area contributed by atoms with Crippen molar-refractivity contribution in [3.63, 3.8) is 0 Å². The van der Waals surface area contributed by atoms with Gasteiger partial charge in [-0.3, -0.25) is 4.79 Å². The van der Waals surface area contributed by atoms with Crippen LogP contribution in [0, 0.1) is 0 Å². The average molecular weight is 347 g/mol. The van der Waals surface area contributed by atoms with Crippen molar-refractivity contribution >= 4 is 23.3 Å². The summed E-state index contributed by atoms with van der Waals surface area (Å²) in [6.07, 6.45) is 3.04. The lowest BCUT2D eigenvalue weighted by Crippen LogP contribution is -2.45. The van der Waals surface area contributed by atoms with Crippen LogP contribution in [0.4, 0.5) is 16.2 Å². The lowest BCUT2D eigenvalue weighted by molar-refractivity contribution is -0.120. The van der Waals surface area contributed by atoms with E-state index >= 15 is 0 Å². The zero-order chi connectivity index (χ0) is 17.8. The fourth-order valence-corrected chi connectivity index (χ4v) is 3.10. The fraction of sp³-hybridized carbons (Fsp3) is 0.556. The highest BCUT2D eigenvalue weighted by Crippen LogP contribution is 2.33. The monoisotopic (exact) mass is 347 g/mol. The van der Waals surface area contributed by atoms with Crippen LogP contribution in [0.3, 0.4) is 0 Å². The predicted molar refractivity (Wildman–Crippen MR) is 95.2 cm³/mol. The summed E-state index contributed by atoms with van der Waals surface area (Å²) < 4.78 is 11.2. The number of carbonyl (C=O) groups excluding carboxylic acids is 2. The SMILES string of the molecule is CCCO[C@@H]1CCCN(C(=O)Nc2ccc3c(c2)OCC(=O)N3C)C1. The van der Waals surface area contributed by atoms with E-state index in [4.69, 9.17) is 9.47 Å². The molecule has 0 aromatic heterocycles. The van der Waals surface area contributed by atoms with Crippen molar-refractivity contribution in [1.29, 1.82) is 0 Å². The Kier molecular flexibility index (Phi) is 5.43. The number of nitrogens with zero attached hydrogens (tertiary/aromatic N) is 2. The first-order valence-corrected chi connectivity index (χ1v) is 8.79. The van der Waals surface area contributed by atoms with Gasteiger partial charge in [0, 0.05) is 38.5 Å². The molecule has 7 heteroatoms. The number of likely N-dealkylation sites (N-methyl/N-ethyl adjacent to an activating group) is 1. The molecule has 2 aliphatic heterocycles. The first-order valence-electron chi connectivity index (χ1n) is 8.79. The number of nitrogens with one attached hydrogen (secondary N) is 1. The maximum atomic E-state index is 12.5. The Bertz CT molecular complexity index is 649. The van der Waals surface area contributed by atoms with Crippen LogP contribution < -0.4 is 15.0 Å². The molecule has 1 atom stereocenters. The summed E-state index contributed by atoms with van der Waals surface area (Å²) in [5.41, 5.74) is 1.36. The van der Waals surface area contributed by atoms with Gasteiger partial charge in [0.2, 0.25) is 0 Å². The molecule has 1 N–H and O–H groups in total. The minimum absolute atomic E-state index is 0.0173. The second-order valence-corrected chi connectivity index (χ2v) is 6.44. The van der Waals surface area contributed by atoms with Crippen molar-refractivity contribution in [3.05, 3.63) is 18.2 Å². The molecule has 2 aliphatic rings. The molecule has 1 saturated heterocycles. The van der Waals surface area contributed by atoms with Crippen molar-refractivity contribution in [1.82, 2.24) is 4.90 Å². The van der Waals surface area contributed by atoms with Crippen LogP contribution in [0.1, 0.15) is 26.2 Å². The van der Waals surface area contributed by atoms with Crippen LogP contribution >= 0.6 is 0 Å². The van der Waals surface area contributed by atoms with Gasteiger partial charge in [-0.1, -0.05) is 6.92 Å². The molecule has 1 fully saturated rings. The number of carbonyl (C=O) groups is 2. The number of urea groups is 1. The fourth-order valence-electron chi connectivity index (χ4n) is 3.10. The van der Waals surface area contributed by atoms with Crippen LogP contribution in [0.25, 0.3) is 0 Å². The van der Waals surface area contributed by atoms with Gasteiger partial charge in [0.1, 0.15) is 5.75 Å². The van der Waals surface area contributed by atoms with E-state index in [0.29, 0.717) is 23.7 Å². The molecule has 136 valence electrons. The Labute approximate surface area is 147 Å². The van der Waals surface area contributed by atoms with Gasteiger partial charge >= 0.3 is 6.03 Å². The molecule has 1 aromatic carbocycles. The summed E-state index contributed by atoms with van der Waals surface area (Å²) in [4.78, 5) is 27.5. The van der Waals surface area contributed by atoms with E-state index in [-0.39, 0.29) is 24.6 Å². The molecule has 1 aromatic rings. The number of anilines is 2. The number of benzene rings is 1. The molecule has 0 aliphatic carbocycles. The number of likely N-dealkylation sites (tertiary alicyclic amines) is 1. The summed E-state index contributed by atoms with van der Waals surface area (Å²) in [7, 11) is 1.71. The van der Waals surface area contributed by atoms with Gasteiger partial charge in [-0.25, -0.2) is 4.79 Å². The van der Waals surface area contributed by atoms with Crippen LogP contribution in [0.15, 0.2) is 18.2 Å². The Morgan fingerprint density at radius 3 is 3.08 bits per heavy atom. The third-order valence-corrected chi connectivity index (χ3v) is 4.52. The molecule has 7 nitrogen and oxygen atoms in total. The van der Waals surface area contributed by atoms with Gasteiger partial charge in [-0.15, -0.1) is 0 Å². The van der Waals surface area contributed by atoms with Gasteiger partial charge in [-0.05, 0) is 31.4 Å². The Hall–Kier alpha value is -2.28. The molecule has 3 rings (SSSR count). The highest BCUT2D eigenvalue weighted by atomic mass is 16.5. The molecular weight excluding hydrogens is 322 g/mol. The van der Waals surface area contributed by atoms with Gasteiger partial charge in [-0.2, -0.15) is 0 Å². The number of hydrogen-bond acceptors (Lipinski definition) is 4. The molecule has 2 heterocycles. The molecule has 0 saturated carbocycles. The van der Waals surface area contributed by atoms with E-state index in [2.05, 4.69) is 12.2 Å². The van der Waals surface area contributed by atoms with Gasteiger partial charge in [0.15, 0.2) is 6.61 Å².